The highest BCUT2D eigenvalue weighted by molar-refractivity contribution is 4.83. The monoisotopic (exact) mass is 169 g/mol. The van der Waals surface area contributed by atoms with E-state index >= 15 is 0 Å². The van der Waals surface area contributed by atoms with E-state index < -0.39 is 0 Å². The van der Waals surface area contributed by atoms with Crippen LogP contribution in [0.4, 0.5) is 0 Å². The van der Waals surface area contributed by atoms with Crippen molar-refractivity contribution in [1.82, 2.24) is 4.90 Å². The van der Waals surface area contributed by atoms with Gasteiger partial charge in [-0.2, -0.15) is 0 Å². The van der Waals surface area contributed by atoms with Gasteiger partial charge in [-0.15, -0.1) is 0 Å². The molecule has 0 N–H and O–H groups in total. The van der Waals surface area contributed by atoms with Crippen LogP contribution in [0.1, 0.15) is 34.1 Å². The lowest BCUT2D eigenvalue weighted by atomic mass is 9.85. The van der Waals surface area contributed by atoms with Crippen molar-refractivity contribution in [3.05, 3.63) is 0 Å². The Labute approximate surface area is 77.1 Å². The summed E-state index contributed by atoms with van der Waals surface area (Å²) in [5, 5.41) is 0. The molecule has 0 spiro atoms. The maximum atomic E-state index is 2.58. The smallest absolute Gasteiger partial charge is 0.00152 e. The predicted molar refractivity (Wildman–Crippen MR) is 54.2 cm³/mol. The van der Waals surface area contributed by atoms with E-state index in [1.165, 1.54) is 26.1 Å². The van der Waals surface area contributed by atoms with Crippen molar-refractivity contribution in [2.75, 3.05) is 19.6 Å². The maximum Gasteiger partial charge on any atom is 0.00152 e. The van der Waals surface area contributed by atoms with Gasteiger partial charge in [0.15, 0.2) is 0 Å². The molecule has 1 aliphatic heterocycles. The first-order chi connectivity index (χ1) is 5.69. The van der Waals surface area contributed by atoms with Crippen LogP contribution in [0.15, 0.2) is 0 Å². The second kappa shape index (κ2) is 4.27. The lowest BCUT2D eigenvalue weighted by Gasteiger charge is -2.21. The van der Waals surface area contributed by atoms with E-state index in [9.17, 15) is 0 Å². The van der Waals surface area contributed by atoms with Crippen LogP contribution in [0.3, 0.4) is 0 Å². The Kier molecular flexibility index (Phi) is 3.57. The van der Waals surface area contributed by atoms with Crippen molar-refractivity contribution in [2.45, 2.75) is 34.1 Å². The highest BCUT2D eigenvalue weighted by atomic mass is 15.1. The molecule has 1 rings (SSSR count). The van der Waals surface area contributed by atoms with Crippen molar-refractivity contribution in [3.8, 4) is 0 Å². The fourth-order valence-corrected chi connectivity index (χ4v) is 2.40. The number of rotatable bonds is 3. The lowest BCUT2D eigenvalue weighted by molar-refractivity contribution is 0.290. The average Bonchev–Trinajstić information content (AvgIpc) is 2.45. The standard InChI is InChI=1S/C11H23N/c1-5-9(3)11-8-12(6-2)7-10(11)4/h9-11H,5-8H2,1-4H3. The van der Waals surface area contributed by atoms with Gasteiger partial charge in [-0.3, -0.25) is 0 Å². The summed E-state index contributed by atoms with van der Waals surface area (Å²) in [7, 11) is 0. The predicted octanol–water partition coefficient (Wildman–Crippen LogP) is 2.62. The Morgan fingerprint density at radius 3 is 2.42 bits per heavy atom. The summed E-state index contributed by atoms with van der Waals surface area (Å²) in [5.41, 5.74) is 0. The van der Waals surface area contributed by atoms with Crippen molar-refractivity contribution in [1.29, 1.82) is 0 Å². The molecule has 1 heterocycles. The molecule has 0 aromatic heterocycles. The first kappa shape index (κ1) is 10.0. The van der Waals surface area contributed by atoms with Gasteiger partial charge in [0.1, 0.15) is 0 Å². The van der Waals surface area contributed by atoms with Crippen molar-refractivity contribution < 1.29 is 0 Å². The van der Waals surface area contributed by atoms with Crippen molar-refractivity contribution in [2.24, 2.45) is 17.8 Å². The van der Waals surface area contributed by atoms with E-state index in [1.54, 1.807) is 0 Å². The van der Waals surface area contributed by atoms with Gasteiger partial charge in [0.2, 0.25) is 0 Å². The minimum Gasteiger partial charge on any atom is -0.303 e. The van der Waals surface area contributed by atoms with Gasteiger partial charge in [-0.1, -0.05) is 34.1 Å². The largest absolute Gasteiger partial charge is 0.303 e. The van der Waals surface area contributed by atoms with Gasteiger partial charge in [-0.05, 0) is 24.3 Å². The number of likely N-dealkylation sites (tertiary alicyclic amines) is 1. The zero-order valence-electron chi connectivity index (χ0n) is 9.01. The Bertz CT molecular complexity index is 133. The normalized spacial score (nSPS) is 34.0. The molecule has 0 aromatic carbocycles. The molecule has 1 nitrogen and oxygen atoms in total. The Morgan fingerprint density at radius 1 is 1.33 bits per heavy atom. The summed E-state index contributed by atoms with van der Waals surface area (Å²) in [6.07, 6.45) is 1.34. The molecule has 0 amide bonds. The zero-order chi connectivity index (χ0) is 9.14. The van der Waals surface area contributed by atoms with Gasteiger partial charge in [0.25, 0.3) is 0 Å². The van der Waals surface area contributed by atoms with Crippen LogP contribution in [0.2, 0.25) is 0 Å². The molecule has 72 valence electrons. The second-order valence-electron chi connectivity index (χ2n) is 4.38. The van der Waals surface area contributed by atoms with Gasteiger partial charge in [-0.25, -0.2) is 0 Å². The van der Waals surface area contributed by atoms with Crippen LogP contribution in [-0.4, -0.2) is 24.5 Å². The molecule has 0 aliphatic carbocycles. The van der Waals surface area contributed by atoms with E-state index in [4.69, 9.17) is 0 Å². The molecule has 3 unspecified atom stereocenters. The SMILES string of the molecule is CCC(C)C1CN(CC)CC1C. The summed E-state index contributed by atoms with van der Waals surface area (Å²) in [4.78, 5) is 2.58. The topological polar surface area (TPSA) is 3.24 Å². The van der Waals surface area contributed by atoms with E-state index in [0.717, 1.165) is 17.8 Å². The van der Waals surface area contributed by atoms with Crippen LogP contribution in [0, 0.1) is 17.8 Å². The number of hydrogen-bond donors (Lipinski definition) is 0. The van der Waals surface area contributed by atoms with Gasteiger partial charge in [0, 0.05) is 13.1 Å². The van der Waals surface area contributed by atoms with Crippen LogP contribution < -0.4 is 0 Å². The van der Waals surface area contributed by atoms with Crippen LogP contribution in [-0.2, 0) is 0 Å². The van der Waals surface area contributed by atoms with Crippen molar-refractivity contribution in [3.63, 3.8) is 0 Å². The summed E-state index contributed by atoms with van der Waals surface area (Å²) in [5.74, 6) is 2.78. The van der Waals surface area contributed by atoms with Crippen LogP contribution in [0.25, 0.3) is 0 Å². The third kappa shape index (κ3) is 2.01. The minimum atomic E-state index is 0.913. The number of nitrogens with zero attached hydrogens (tertiary/aromatic N) is 1. The molecule has 1 fully saturated rings. The van der Waals surface area contributed by atoms with Crippen molar-refractivity contribution >= 4 is 0 Å². The Morgan fingerprint density at radius 2 is 2.00 bits per heavy atom. The molecule has 3 atom stereocenters. The molecule has 1 aliphatic rings. The van der Waals surface area contributed by atoms with E-state index in [2.05, 4.69) is 32.6 Å². The molecule has 1 heteroatoms. The van der Waals surface area contributed by atoms with E-state index in [0.29, 0.717) is 0 Å². The molecule has 0 bridgehead atoms. The average molecular weight is 169 g/mol. The highest BCUT2D eigenvalue weighted by Crippen LogP contribution is 2.30. The van der Waals surface area contributed by atoms with Crippen LogP contribution >= 0.6 is 0 Å². The summed E-state index contributed by atoms with van der Waals surface area (Å²) in [6.45, 7) is 13.3. The third-order valence-electron chi connectivity index (χ3n) is 3.57. The summed E-state index contributed by atoms with van der Waals surface area (Å²) >= 11 is 0. The third-order valence-corrected chi connectivity index (χ3v) is 3.57. The minimum absolute atomic E-state index is 0.913. The van der Waals surface area contributed by atoms with Gasteiger partial charge < -0.3 is 4.90 Å². The molecule has 0 saturated carbocycles. The zero-order valence-corrected chi connectivity index (χ0v) is 9.01. The van der Waals surface area contributed by atoms with E-state index in [1.807, 2.05) is 0 Å². The molecule has 0 aromatic rings. The fourth-order valence-electron chi connectivity index (χ4n) is 2.40. The van der Waals surface area contributed by atoms with Crippen LogP contribution in [0.5, 0.6) is 0 Å². The fraction of sp³-hybridized carbons (Fsp3) is 1.00. The Balaban J connectivity index is 2.45. The maximum absolute atomic E-state index is 2.58. The Hall–Kier alpha value is -0.0400. The summed E-state index contributed by atoms with van der Waals surface area (Å²) in [6, 6.07) is 0. The van der Waals surface area contributed by atoms with Gasteiger partial charge in [0.05, 0.1) is 0 Å². The first-order valence-electron chi connectivity index (χ1n) is 5.41. The van der Waals surface area contributed by atoms with E-state index in [-0.39, 0.29) is 0 Å². The van der Waals surface area contributed by atoms with Gasteiger partial charge >= 0.3 is 0 Å². The first-order valence-corrected chi connectivity index (χ1v) is 5.41. The molecule has 1 saturated heterocycles. The molecule has 12 heavy (non-hydrogen) atoms. The molecular weight excluding hydrogens is 146 g/mol. The second-order valence-corrected chi connectivity index (χ2v) is 4.38. The number of hydrogen-bond acceptors (Lipinski definition) is 1. The molecule has 0 radical (unpaired) electrons. The molecular formula is C11H23N. The summed E-state index contributed by atoms with van der Waals surface area (Å²) < 4.78 is 0. The lowest BCUT2D eigenvalue weighted by Crippen LogP contribution is -2.21. The quantitative estimate of drug-likeness (QED) is 0.628. The highest BCUT2D eigenvalue weighted by Gasteiger charge is 2.31.